The summed E-state index contributed by atoms with van der Waals surface area (Å²) in [6, 6.07) is 1.85. The van der Waals surface area contributed by atoms with Crippen molar-refractivity contribution in [2.75, 3.05) is 25.6 Å². The Morgan fingerprint density at radius 1 is 1.47 bits per heavy atom. The molecule has 5 nitrogen and oxygen atoms in total. The van der Waals surface area contributed by atoms with Gasteiger partial charge in [0.2, 0.25) is 0 Å². The highest BCUT2D eigenvalue weighted by atomic mass is 16.5. The van der Waals surface area contributed by atoms with Gasteiger partial charge in [-0.25, -0.2) is 9.97 Å². The highest BCUT2D eigenvalue weighted by Crippen LogP contribution is 2.20. The summed E-state index contributed by atoms with van der Waals surface area (Å²) < 4.78 is 4.73. The topological polar surface area (TPSA) is 55.3 Å². The summed E-state index contributed by atoms with van der Waals surface area (Å²) in [5.74, 6) is 1.21. The van der Waals surface area contributed by atoms with Crippen molar-refractivity contribution in [2.24, 2.45) is 5.92 Å². The molecule has 0 aromatic carbocycles. The highest BCUT2D eigenvalue weighted by molar-refractivity contribution is 5.72. The Morgan fingerprint density at radius 3 is 2.63 bits per heavy atom. The van der Waals surface area contributed by atoms with Gasteiger partial charge in [0.1, 0.15) is 11.6 Å². The molecule has 5 heteroatoms. The van der Waals surface area contributed by atoms with Gasteiger partial charge in [0.25, 0.3) is 0 Å². The first kappa shape index (κ1) is 15.4. The van der Waals surface area contributed by atoms with Crippen molar-refractivity contribution >= 4 is 11.8 Å². The molecular weight excluding hydrogens is 242 g/mol. The molecule has 0 aliphatic rings. The predicted molar refractivity (Wildman–Crippen MR) is 75.2 cm³/mol. The molecule has 0 aliphatic heterocycles. The molecule has 1 unspecified atom stereocenters. The highest BCUT2D eigenvalue weighted by Gasteiger charge is 2.20. The lowest BCUT2D eigenvalue weighted by Crippen LogP contribution is -2.30. The smallest absolute Gasteiger partial charge is 0.310 e. The number of esters is 1. The number of nitrogens with zero attached hydrogens (tertiary/aromatic N) is 3. The Hall–Kier alpha value is -1.65. The number of hydrogen-bond donors (Lipinski definition) is 0. The molecule has 0 saturated heterocycles. The maximum atomic E-state index is 11.4. The molecule has 1 rings (SSSR count). The summed E-state index contributed by atoms with van der Waals surface area (Å²) in [5.41, 5.74) is -0.0924. The predicted octanol–water partition coefficient (Wildman–Crippen LogP) is 2.02. The van der Waals surface area contributed by atoms with Crippen molar-refractivity contribution in [3.05, 3.63) is 18.1 Å². The first-order valence-corrected chi connectivity index (χ1v) is 6.38. The van der Waals surface area contributed by atoms with E-state index in [2.05, 4.69) is 30.7 Å². The Bertz CT molecular complexity index is 441. The van der Waals surface area contributed by atoms with E-state index in [1.54, 1.807) is 6.20 Å². The van der Waals surface area contributed by atoms with Crippen molar-refractivity contribution in [1.29, 1.82) is 0 Å². The van der Waals surface area contributed by atoms with Gasteiger partial charge in [-0.05, 0) is 6.07 Å². The van der Waals surface area contributed by atoms with E-state index in [1.807, 2.05) is 24.9 Å². The third kappa shape index (κ3) is 4.19. The molecule has 0 N–H and O–H groups in total. The number of methoxy groups -OCH3 is 1. The summed E-state index contributed by atoms with van der Waals surface area (Å²) in [7, 11) is 3.31. The standard InChI is InChI=1S/C14H23N3O2/c1-10(12(18)19-6)9-17(5)11-7-8-15-13(16-11)14(2,3)4/h7-8,10H,9H2,1-6H3. The van der Waals surface area contributed by atoms with Crippen LogP contribution in [0.5, 0.6) is 0 Å². The molecule has 1 aromatic heterocycles. The molecule has 106 valence electrons. The second-order valence-electron chi connectivity index (χ2n) is 5.79. The average Bonchev–Trinajstić information content (AvgIpc) is 2.36. The van der Waals surface area contributed by atoms with Crippen LogP contribution in [0, 0.1) is 5.92 Å². The molecular formula is C14H23N3O2. The molecule has 0 amide bonds. The number of aromatic nitrogens is 2. The number of anilines is 1. The number of carbonyl (C=O) groups is 1. The number of hydrogen-bond acceptors (Lipinski definition) is 5. The van der Waals surface area contributed by atoms with E-state index < -0.39 is 0 Å². The minimum Gasteiger partial charge on any atom is -0.469 e. The van der Waals surface area contributed by atoms with Crippen LogP contribution in [-0.4, -0.2) is 36.6 Å². The summed E-state index contributed by atoms with van der Waals surface area (Å²) in [5, 5.41) is 0. The van der Waals surface area contributed by atoms with E-state index in [-0.39, 0.29) is 17.3 Å². The number of rotatable bonds is 4. The normalized spacial score (nSPS) is 12.9. The molecule has 1 atom stereocenters. The molecule has 0 radical (unpaired) electrons. The van der Waals surface area contributed by atoms with Crippen LogP contribution < -0.4 is 4.90 Å². The Balaban J connectivity index is 2.83. The van der Waals surface area contributed by atoms with Gasteiger partial charge < -0.3 is 9.64 Å². The third-order valence-electron chi connectivity index (χ3n) is 2.85. The molecule has 1 heterocycles. The molecule has 19 heavy (non-hydrogen) atoms. The van der Waals surface area contributed by atoms with E-state index in [4.69, 9.17) is 4.74 Å². The first-order valence-electron chi connectivity index (χ1n) is 6.38. The van der Waals surface area contributed by atoms with E-state index in [0.717, 1.165) is 11.6 Å². The minimum absolute atomic E-state index is 0.0924. The first-order chi connectivity index (χ1) is 8.75. The summed E-state index contributed by atoms with van der Waals surface area (Å²) in [4.78, 5) is 22.2. The fourth-order valence-corrected chi connectivity index (χ4v) is 1.70. The molecule has 0 spiro atoms. The second-order valence-corrected chi connectivity index (χ2v) is 5.79. The van der Waals surface area contributed by atoms with Gasteiger partial charge in [0.05, 0.1) is 13.0 Å². The zero-order valence-corrected chi connectivity index (χ0v) is 12.6. The van der Waals surface area contributed by atoms with Crippen LogP contribution in [0.4, 0.5) is 5.82 Å². The number of ether oxygens (including phenoxy) is 1. The Kier molecular flexibility index (Phi) is 4.86. The third-order valence-corrected chi connectivity index (χ3v) is 2.85. The molecule has 0 aliphatic carbocycles. The van der Waals surface area contributed by atoms with Crippen molar-refractivity contribution in [1.82, 2.24) is 9.97 Å². The summed E-state index contributed by atoms with van der Waals surface area (Å²) in [6.45, 7) is 8.62. The molecule has 0 bridgehead atoms. The molecule has 0 fully saturated rings. The van der Waals surface area contributed by atoms with Crippen LogP contribution in [-0.2, 0) is 14.9 Å². The van der Waals surface area contributed by atoms with E-state index >= 15 is 0 Å². The lowest BCUT2D eigenvalue weighted by Gasteiger charge is -2.23. The second kappa shape index (κ2) is 5.99. The Labute approximate surface area is 115 Å². The lowest BCUT2D eigenvalue weighted by atomic mass is 9.96. The van der Waals surface area contributed by atoms with Crippen LogP contribution >= 0.6 is 0 Å². The van der Waals surface area contributed by atoms with E-state index in [0.29, 0.717) is 6.54 Å². The van der Waals surface area contributed by atoms with Crippen molar-refractivity contribution in [2.45, 2.75) is 33.1 Å². The van der Waals surface area contributed by atoms with Gasteiger partial charge in [-0.2, -0.15) is 0 Å². The maximum Gasteiger partial charge on any atom is 0.310 e. The van der Waals surface area contributed by atoms with Crippen molar-refractivity contribution in [3.63, 3.8) is 0 Å². The van der Waals surface area contributed by atoms with Crippen LogP contribution in [0.15, 0.2) is 12.3 Å². The quantitative estimate of drug-likeness (QED) is 0.780. The van der Waals surface area contributed by atoms with Crippen LogP contribution in [0.25, 0.3) is 0 Å². The van der Waals surface area contributed by atoms with Crippen LogP contribution in [0.2, 0.25) is 0 Å². The maximum absolute atomic E-state index is 11.4. The van der Waals surface area contributed by atoms with Crippen molar-refractivity contribution in [3.8, 4) is 0 Å². The fraction of sp³-hybridized carbons (Fsp3) is 0.643. The van der Waals surface area contributed by atoms with Gasteiger partial charge >= 0.3 is 5.97 Å². The summed E-state index contributed by atoms with van der Waals surface area (Å²) in [6.07, 6.45) is 1.75. The monoisotopic (exact) mass is 265 g/mol. The molecule has 0 saturated carbocycles. The van der Waals surface area contributed by atoms with Gasteiger partial charge in [0, 0.05) is 25.2 Å². The zero-order chi connectivity index (χ0) is 14.6. The van der Waals surface area contributed by atoms with Gasteiger partial charge in [0.15, 0.2) is 0 Å². The van der Waals surface area contributed by atoms with Crippen LogP contribution in [0.1, 0.15) is 33.5 Å². The van der Waals surface area contributed by atoms with Crippen molar-refractivity contribution < 1.29 is 9.53 Å². The zero-order valence-electron chi connectivity index (χ0n) is 12.6. The van der Waals surface area contributed by atoms with Gasteiger partial charge in [-0.1, -0.05) is 27.7 Å². The van der Waals surface area contributed by atoms with E-state index in [9.17, 15) is 4.79 Å². The Morgan fingerprint density at radius 2 is 2.11 bits per heavy atom. The molecule has 1 aromatic rings. The lowest BCUT2D eigenvalue weighted by molar-refractivity contribution is -0.144. The fourth-order valence-electron chi connectivity index (χ4n) is 1.70. The van der Waals surface area contributed by atoms with Gasteiger partial charge in [-0.15, -0.1) is 0 Å². The minimum atomic E-state index is -0.211. The average molecular weight is 265 g/mol. The largest absolute Gasteiger partial charge is 0.469 e. The SMILES string of the molecule is COC(=O)C(C)CN(C)c1ccnc(C(C)(C)C)n1. The van der Waals surface area contributed by atoms with Crippen LogP contribution in [0.3, 0.4) is 0 Å². The number of carbonyl (C=O) groups excluding carboxylic acids is 1. The van der Waals surface area contributed by atoms with Gasteiger partial charge in [-0.3, -0.25) is 4.79 Å². The summed E-state index contributed by atoms with van der Waals surface area (Å²) >= 11 is 0. The van der Waals surface area contributed by atoms with E-state index in [1.165, 1.54) is 7.11 Å².